The highest BCUT2D eigenvalue weighted by molar-refractivity contribution is 6.09. The molecule has 1 aromatic heterocycles. The number of rotatable bonds is 5. The highest BCUT2D eigenvalue weighted by Crippen LogP contribution is 2.30. The number of carbonyl (C=O) groups is 1. The van der Waals surface area contributed by atoms with Crippen molar-refractivity contribution in [3.05, 3.63) is 83.7 Å². The zero-order chi connectivity index (χ0) is 21.7. The van der Waals surface area contributed by atoms with Crippen LogP contribution in [0.15, 0.2) is 72.4 Å². The van der Waals surface area contributed by atoms with E-state index in [9.17, 15) is 23.2 Å². The second-order valence-electron chi connectivity index (χ2n) is 6.21. The second-order valence-corrected chi connectivity index (χ2v) is 6.21. The van der Waals surface area contributed by atoms with Gasteiger partial charge in [0.05, 0.1) is 12.7 Å². The van der Waals surface area contributed by atoms with E-state index in [-0.39, 0.29) is 11.3 Å². The minimum Gasteiger partial charge on any atom is -0.497 e. The molecule has 8 heteroatoms. The molecule has 2 aromatic carbocycles. The Bertz CT molecular complexity index is 1140. The van der Waals surface area contributed by atoms with Gasteiger partial charge < -0.3 is 14.6 Å². The van der Waals surface area contributed by atoms with Crippen LogP contribution in [-0.2, 0) is 11.0 Å². The minimum atomic E-state index is -4.48. The first-order valence-electron chi connectivity index (χ1n) is 8.74. The Morgan fingerprint density at radius 3 is 2.60 bits per heavy atom. The van der Waals surface area contributed by atoms with Crippen LogP contribution in [0.3, 0.4) is 0 Å². The first kappa shape index (κ1) is 20.7. The maximum Gasteiger partial charge on any atom is 0.416 e. The third-order valence-corrected chi connectivity index (χ3v) is 4.22. The van der Waals surface area contributed by atoms with Crippen molar-refractivity contribution >= 4 is 17.7 Å². The van der Waals surface area contributed by atoms with Gasteiger partial charge in [-0.3, -0.25) is 4.79 Å². The van der Waals surface area contributed by atoms with E-state index in [4.69, 9.17) is 4.74 Å². The summed E-state index contributed by atoms with van der Waals surface area (Å²) < 4.78 is 45.6. The number of anilines is 1. The molecular formula is C22H16F3N3O2. The van der Waals surface area contributed by atoms with Crippen LogP contribution < -0.4 is 10.1 Å². The van der Waals surface area contributed by atoms with Gasteiger partial charge in [0, 0.05) is 29.3 Å². The topological polar surface area (TPSA) is 67.0 Å². The molecule has 5 nitrogen and oxygen atoms in total. The molecule has 3 aromatic rings. The summed E-state index contributed by atoms with van der Waals surface area (Å²) in [7, 11) is 1.49. The number of carbonyl (C=O) groups excluding carboxylic acids is 1. The van der Waals surface area contributed by atoms with E-state index in [0.29, 0.717) is 17.1 Å². The van der Waals surface area contributed by atoms with Gasteiger partial charge in [0.25, 0.3) is 5.91 Å². The predicted molar refractivity (Wildman–Crippen MR) is 106 cm³/mol. The van der Waals surface area contributed by atoms with Crippen LogP contribution >= 0.6 is 0 Å². The number of halogens is 3. The van der Waals surface area contributed by atoms with Crippen molar-refractivity contribution in [2.45, 2.75) is 6.18 Å². The summed E-state index contributed by atoms with van der Waals surface area (Å²) in [6.45, 7) is 0. The van der Waals surface area contributed by atoms with Gasteiger partial charge in [-0.2, -0.15) is 18.4 Å². The molecule has 0 bridgehead atoms. The summed E-state index contributed by atoms with van der Waals surface area (Å²) in [5, 5.41) is 12.0. The number of aromatic nitrogens is 1. The number of benzene rings is 2. The van der Waals surface area contributed by atoms with E-state index >= 15 is 0 Å². The number of alkyl halides is 3. The Labute approximate surface area is 170 Å². The van der Waals surface area contributed by atoms with Gasteiger partial charge >= 0.3 is 6.18 Å². The summed E-state index contributed by atoms with van der Waals surface area (Å²) in [6.07, 6.45) is -1.61. The van der Waals surface area contributed by atoms with E-state index in [0.717, 1.165) is 12.1 Å². The maximum absolute atomic E-state index is 13.0. The quantitative estimate of drug-likeness (QED) is 0.472. The third-order valence-electron chi connectivity index (χ3n) is 4.22. The molecule has 0 aliphatic rings. The van der Waals surface area contributed by atoms with Crippen molar-refractivity contribution in [2.75, 3.05) is 12.4 Å². The summed E-state index contributed by atoms with van der Waals surface area (Å²) >= 11 is 0. The number of methoxy groups -OCH3 is 1. The lowest BCUT2D eigenvalue weighted by molar-refractivity contribution is -0.137. The van der Waals surface area contributed by atoms with Crippen molar-refractivity contribution in [3.63, 3.8) is 0 Å². The monoisotopic (exact) mass is 411 g/mol. The van der Waals surface area contributed by atoms with Gasteiger partial charge in [-0.1, -0.05) is 12.1 Å². The molecule has 0 saturated carbocycles. The minimum absolute atomic E-state index is 0.204. The number of hydrogen-bond donors (Lipinski definition) is 1. The zero-order valence-corrected chi connectivity index (χ0v) is 15.8. The van der Waals surface area contributed by atoms with Crippen LogP contribution in [0.4, 0.5) is 18.9 Å². The standard InChI is InChI=1S/C22H16F3N3O2/c1-30-20-9-3-6-17(13-20)27-21(29)15(14-26)11-18-8-4-10-28(18)19-7-2-5-16(12-19)22(23,24)25/h2-13H,1H3,(H,27,29)/b15-11-. The average Bonchev–Trinajstić information content (AvgIpc) is 3.19. The van der Waals surface area contributed by atoms with Crippen molar-refractivity contribution in [2.24, 2.45) is 0 Å². The summed E-state index contributed by atoms with van der Waals surface area (Å²) in [4.78, 5) is 12.5. The van der Waals surface area contributed by atoms with E-state index < -0.39 is 17.6 Å². The van der Waals surface area contributed by atoms with Crippen molar-refractivity contribution in [1.29, 1.82) is 5.26 Å². The van der Waals surface area contributed by atoms with E-state index in [1.165, 1.54) is 29.9 Å². The average molecular weight is 411 g/mol. The number of hydrogen-bond acceptors (Lipinski definition) is 3. The van der Waals surface area contributed by atoms with Gasteiger partial charge in [0.2, 0.25) is 0 Å². The molecule has 0 radical (unpaired) electrons. The van der Waals surface area contributed by atoms with E-state index in [1.54, 1.807) is 42.6 Å². The SMILES string of the molecule is COc1cccc(NC(=O)/C(C#N)=C\c2cccn2-c2cccc(C(F)(F)F)c2)c1. The number of amides is 1. The fourth-order valence-corrected chi connectivity index (χ4v) is 2.77. The molecule has 0 aliphatic carbocycles. The third kappa shape index (κ3) is 4.70. The first-order valence-corrected chi connectivity index (χ1v) is 8.74. The molecule has 0 atom stereocenters. The molecule has 30 heavy (non-hydrogen) atoms. The molecule has 0 unspecified atom stereocenters. The highest BCUT2D eigenvalue weighted by atomic mass is 19.4. The highest BCUT2D eigenvalue weighted by Gasteiger charge is 2.30. The molecule has 0 saturated heterocycles. The van der Waals surface area contributed by atoms with Crippen molar-refractivity contribution in [1.82, 2.24) is 4.57 Å². The number of nitrogens with one attached hydrogen (secondary N) is 1. The molecular weight excluding hydrogens is 395 g/mol. The Morgan fingerprint density at radius 1 is 1.13 bits per heavy atom. The Hall–Kier alpha value is -3.99. The van der Waals surface area contributed by atoms with E-state index in [2.05, 4.69) is 5.32 Å². The number of ether oxygens (including phenoxy) is 1. The van der Waals surface area contributed by atoms with Crippen LogP contribution in [0.2, 0.25) is 0 Å². The van der Waals surface area contributed by atoms with Gasteiger partial charge in [-0.25, -0.2) is 0 Å². The molecule has 0 spiro atoms. The van der Waals surface area contributed by atoms with Gasteiger partial charge in [-0.15, -0.1) is 0 Å². The summed E-state index contributed by atoms with van der Waals surface area (Å²) in [5.74, 6) is -0.115. The Morgan fingerprint density at radius 2 is 1.90 bits per heavy atom. The second kappa shape index (κ2) is 8.57. The molecule has 152 valence electrons. The van der Waals surface area contributed by atoms with Crippen LogP contribution in [0.25, 0.3) is 11.8 Å². The molecule has 0 fully saturated rings. The Kier molecular flexibility index (Phi) is 5.93. The number of nitrogens with zero attached hydrogens (tertiary/aromatic N) is 2. The van der Waals surface area contributed by atoms with Crippen LogP contribution in [-0.4, -0.2) is 17.6 Å². The molecule has 0 aliphatic heterocycles. The molecule has 1 heterocycles. The lowest BCUT2D eigenvalue weighted by Crippen LogP contribution is -2.13. The van der Waals surface area contributed by atoms with Gasteiger partial charge in [0.1, 0.15) is 17.4 Å². The lowest BCUT2D eigenvalue weighted by Gasteiger charge is -2.11. The summed E-state index contributed by atoms with van der Waals surface area (Å²) in [6, 6.07) is 16.4. The summed E-state index contributed by atoms with van der Waals surface area (Å²) in [5.41, 5.74) is 0.0802. The normalized spacial score (nSPS) is 11.6. The molecule has 1 N–H and O–H groups in total. The van der Waals surface area contributed by atoms with Gasteiger partial charge in [0.15, 0.2) is 0 Å². The first-order chi connectivity index (χ1) is 14.3. The zero-order valence-electron chi connectivity index (χ0n) is 15.8. The molecule has 3 rings (SSSR count). The van der Waals surface area contributed by atoms with E-state index in [1.807, 2.05) is 6.07 Å². The smallest absolute Gasteiger partial charge is 0.416 e. The van der Waals surface area contributed by atoms with Gasteiger partial charge in [-0.05, 0) is 48.5 Å². The lowest BCUT2D eigenvalue weighted by atomic mass is 10.1. The van der Waals surface area contributed by atoms with Crippen LogP contribution in [0.1, 0.15) is 11.3 Å². The number of nitriles is 1. The van der Waals surface area contributed by atoms with Crippen LogP contribution in [0, 0.1) is 11.3 Å². The van der Waals surface area contributed by atoms with Crippen molar-refractivity contribution in [3.8, 4) is 17.5 Å². The maximum atomic E-state index is 13.0. The predicted octanol–water partition coefficient (Wildman–Crippen LogP) is 5.05. The molecule has 1 amide bonds. The fraction of sp³-hybridized carbons (Fsp3) is 0.0909. The largest absolute Gasteiger partial charge is 0.497 e. The fourth-order valence-electron chi connectivity index (χ4n) is 2.77. The Balaban J connectivity index is 1.90. The van der Waals surface area contributed by atoms with Crippen molar-refractivity contribution < 1.29 is 22.7 Å². The van der Waals surface area contributed by atoms with Crippen LogP contribution in [0.5, 0.6) is 5.75 Å².